The summed E-state index contributed by atoms with van der Waals surface area (Å²) >= 11 is 0. The minimum absolute atomic E-state index is 0.618. The zero-order valence-electron chi connectivity index (χ0n) is 15.2. The second-order valence-corrected chi connectivity index (χ2v) is 6.00. The molecule has 1 N–H and O–H groups in total. The van der Waals surface area contributed by atoms with Gasteiger partial charge in [-0.1, -0.05) is 30.3 Å². The number of anilines is 1. The van der Waals surface area contributed by atoms with Crippen molar-refractivity contribution in [1.82, 2.24) is 14.4 Å². The number of hydrogen-bond donors (Lipinski definition) is 1. The lowest BCUT2D eigenvalue weighted by Gasteiger charge is -2.12. The molecular formula is C21H20N4O2. The van der Waals surface area contributed by atoms with Crippen molar-refractivity contribution >= 4 is 11.6 Å². The predicted molar refractivity (Wildman–Crippen MR) is 105 cm³/mol. The van der Waals surface area contributed by atoms with Crippen molar-refractivity contribution in [1.29, 1.82) is 0 Å². The summed E-state index contributed by atoms with van der Waals surface area (Å²) in [6.07, 6.45) is 3.68. The van der Waals surface area contributed by atoms with E-state index in [2.05, 4.69) is 22.4 Å². The smallest absolute Gasteiger partial charge is 0.235 e. The quantitative estimate of drug-likeness (QED) is 0.563. The van der Waals surface area contributed by atoms with Crippen LogP contribution in [0, 0.1) is 0 Å². The Bertz CT molecular complexity index is 1060. The molecule has 0 aliphatic rings. The van der Waals surface area contributed by atoms with Crippen LogP contribution in [-0.2, 0) is 6.54 Å². The number of ether oxygens (including phenoxy) is 2. The summed E-state index contributed by atoms with van der Waals surface area (Å²) in [4.78, 5) is 9.11. The molecule has 136 valence electrons. The number of benzene rings is 2. The number of rotatable bonds is 6. The molecule has 0 bridgehead atoms. The second kappa shape index (κ2) is 7.37. The van der Waals surface area contributed by atoms with Gasteiger partial charge < -0.3 is 14.8 Å². The highest BCUT2D eigenvalue weighted by Gasteiger charge is 2.18. The Hall–Kier alpha value is -3.54. The van der Waals surface area contributed by atoms with Crippen molar-refractivity contribution in [3.63, 3.8) is 0 Å². The summed E-state index contributed by atoms with van der Waals surface area (Å²) in [5.41, 5.74) is 2.79. The van der Waals surface area contributed by atoms with Gasteiger partial charge in [0.1, 0.15) is 23.0 Å². The first kappa shape index (κ1) is 16.9. The third-order valence-corrected chi connectivity index (χ3v) is 4.37. The monoisotopic (exact) mass is 360 g/mol. The molecular weight excluding hydrogens is 340 g/mol. The van der Waals surface area contributed by atoms with Gasteiger partial charge in [-0.15, -0.1) is 0 Å². The van der Waals surface area contributed by atoms with Gasteiger partial charge in [0.05, 0.1) is 14.2 Å². The number of aromatic nitrogens is 3. The molecule has 0 aliphatic carbocycles. The minimum Gasteiger partial charge on any atom is -0.497 e. The molecule has 6 heteroatoms. The van der Waals surface area contributed by atoms with Gasteiger partial charge in [0.15, 0.2) is 0 Å². The van der Waals surface area contributed by atoms with Gasteiger partial charge in [0.2, 0.25) is 5.78 Å². The lowest BCUT2D eigenvalue weighted by molar-refractivity contribution is 0.404. The summed E-state index contributed by atoms with van der Waals surface area (Å²) < 4.78 is 12.9. The van der Waals surface area contributed by atoms with Gasteiger partial charge in [0, 0.05) is 24.5 Å². The van der Waals surface area contributed by atoms with Crippen LogP contribution in [0.3, 0.4) is 0 Å². The number of nitrogens with zero attached hydrogens (tertiary/aromatic N) is 3. The highest BCUT2D eigenvalue weighted by atomic mass is 16.5. The summed E-state index contributed by atoms with van der Waals surface area (Å²) in [7, 11) is 3.29. The Morgan fingerprint density at radius 1 is 1.00 bits per heavy atom. The average molecular weight is 360 g/mol. The molecule has 0 fully saturated rings. The third kappa shape index (κ3) is 3.29. The minimum atomic E-state index is 0.618. The lowest BCUT2D eigenvalue weighted by atomic mass is 10.1. The maximum atomic E-state index is 5.56. The Kier molecular flexibility index (Phi) is 4.61. The Balaban J connectivity index is 1.83. The van der Waals surface area contributed by atoms with Crippen LogP contribution in [-0.4, -0.2) is 28.6 Å². The molecule has 0 atom stereocenters. The average Bonchev–Trinajstić information content (AvgIpc) is 3.11. The Morgan fingerprint density at radius 3 is 2.63 bits per heavy atom. The molecule has 6 nitrogen and oxygen atoms in total. The summed E-state index contributed by atoms with van der Waals surface area (Å²) in [6, 6.07) is 17.8. The van der Waals surface area contributed by atoms with Crippen LogP contribution in [0.2, 0.25) is 0 Å². The van der Waals surface area contributed by atoms with E-state index < -0.39 is 0 Å². The Labute approximate surface area is 157 Å². The van der Waals surface area contributed by atoms with E-state index in [9.17, 15) is 0 Å². The summed E-state index contributed by atoms with van der Waals surface area (Å²) in [6.45, 7) is 0.669. The number of methoxy groups -OCH3 is 2. The molecule has 0 radical (unpaired) electrons. The zero-order valence-corrected chi connectivity index (χ0v) is 15.2. The first-order valence-corrected chi connectivity index (χ1v) is 8.63. The molecule has 2 aromatic carbocycles. The van der Waals surface area contributed by atoms with Gasteiger partial charge in [-0.3, -0.25) is 4.40 Å². The second-order valence-electron chi connectivity index (χ2n) is 6.00. The molecule has 0 saturated carbocycles. The zero-order chi connectivity index (χ0) is 18.6. The largest absolute Gasteiger partial charge is 0.497 e. The number of hydrogen-bond acceptors (Lipinski definition) is 5. The first-order chi connectivity index (χ1) is 13.3. The van der Waals surface area contributed by atoms with Crippen LogP contribution in [0.5, 0.6) is 11.5 Å². The van der Waals surface area contributed by atoms with Crippen molar-refractivity contribution in [3.05, 3.63) is 72.6 Å². The van der Waals surface area contributed by atoms with Crippen LogP contribution in [0.1, 0.15) is 5.56 Å². The van der Waals surface area contributed by atoms with Gasteiger partial charge in [-0.05, 0) is 29.8 Å². The summed E-state index contributed by atoms with van der Waals surface area (Å²) in [5.74, 6) is 2.94. The van der Waals surface area contributed by atoms with E-state index in [0.29, 0.717) is 12.3 Å². The van der Waals surface area contributed by atoms with Crippen molar-refractivity contribution in [2.24, 2.45) is 0 Å². The van der Waals surface area contributed by atoms with Crippen molar-refractivity contribution in [3.8, 4) is 22.8 Å². The topological polar surface area (TPSA) is 60.7 Å². The molecule has 0 saturated heterocycles. The number of imidazole rings is 1. The summed E-state index contributed by atoms with van der Waals surface area (Å²) in [5, 5.41) is 3.50. The van der Waals surface area contributed by atoms with E-state index in [0.717, 1.165) is 28.6 Å². The molecule has 27 heavy (non-hydrogen) atoms. The van der Waals surface area contributed by atoms with E-state index in [1.807, 2.05) is 53.1 Å². The molecule has 2 heterocycles. The highest BCUT2D eigenvalue weighted by Crippen LogP contribution is 2.37. The van der Waals surface area contributed by atoms with E-state index in [4.69, 9.17) is 14.5 Å². The van der Waals surface area contributed by atoms with Crippen LogP contribution in [0.4, 0.5) is 5.82 Å². The molecule has 2 aromatic heterocycles. The normalized spacial score (nSPS) is 10.7. The third-order valence-electron chi connectivity index (χ3n) is 4.37. The van der Waals surface area contributed by atoms with Crippen molar-refractivity contribution < 1.29 is 9.47 Å². The maximum absolute atomic E-state index is 5.56. The Morgan fingerprint density at radius 2 is 1.85 bits per heavy atom. The van der Waals surface area contributed by atoms with E-state index in [1.54, 1.807) is 20.4 Å². The predicted octanol–water partition coefficient (Wildman–Crippen LogP) is 4.03. The SMILES string of the molecule is COc1ccc(OC)c(-c2nc3ncccn3c2NCc2ccccc2)c1. The fraction of sp³-hybridized carbons (Fsp3) is 0.143. The molecule has 0 spiro atoms. The number of fused-ring (bicyclic) bond motifs is 1. The number of nitrogens with one attached hydrogen (secondary N) is 1. The van der Waals surface area contributed by atoms with Gasteiger partial charge in [-0.2, -0.15) is 0 Å². The van der Waals surface area contributed by atoms with E-state index in [-0.39, 0.29) is 0 Å². The first-order valence-electron chi connectivity index (χ1n) is 8.63. The van der Waals surface area contributed by atoms with Gasteiger partial charge in [0.25, 0.3) is 0 Å². The molecule has 0 unspecified atom stereocenters. The lowest BCUT2D eigenvalue weighted by Crippen LogP contribution is -2.04. The van der Waals surface area contributed by atoms with Crippen LogP contribution >= 0.6 is 0 Å². The fourth-order valence-electron chi connectivity index (χ4n) is 3.02. The maximum Gasteiger partial charge on any atom is 0.235 e. The van der Waals surface area contributed by atoms with Crippen LogP contribution < -0.4 is 14.8 Å². The molecule has 4 rings (SSSR count). The van der Waals surface area contributed by atoms with Crippen molar-refractivity contribution in [2.45, 2.75) is 6.54 Å². The van der Waals surface area contributed by atoms with E-state index >= 15 is 0 Å². The van der Waals surface area contributed by atoms with Crippen LogP contribution in [0.25, 0.3) is 17.0 Å². The van der Waals surface area contributed by atoms with Gasteiger partial charge >= 0.3 is 0 Å². The highest BCUT2D eigenvalue weighted by molar-refractivity contribution is 5.80. The molecule has 0 amide bonds. The van der Waals surface area contributed by atoms with Crippen LogP contribution in [0.15, 0.2) is 67.0 Å². The van der Waals surface area contributed by atoms with E-state index in [1.165, 1.54) is 5.56 Å². The van der Waals surface area contributed by atoms with Gasteiger partial charge in [-0.25, -0.2) is 9.97 Å². The standard InChI is InChI=1S/C21H20N4O2/c1-26-16-9-10-18(27-2)17(13-16)19-20(23-14-15-7-4-3-5-8-15)25-12-6-11-22-21(25)24-19/h3-13,23H,14H2,1-2H3. The fourth-order valence-corrected chi connectivity index (χ4v) is 3.02. The van der Waals surface area contributed by atoms with Crippen molar-refractivity contribution in [2.75, 3.05) is 19.5 Å². The molecule has 4 aromatic rings. The molecule has 0 aliphatic heterocycles.